The van der Waals surface area contributed by atoms with Crippen LogP contribution < -0.4 is 0 Å². The average Bonchev–Trinajstić information content (AvgIpc) is 2.38. The minimum absolute atomic E-state index is 0.377. The molecule has 1 atom stereocenters. The first-order chi connectivity index (χ1) is 8.48. The van der Waals surface area contributed by atoms with Crippen molar-refractivity contribution < 1.29 is 5.11 Å². The van der Waals surface area contributed by atoms with Crippen LogP contribution in [0.3, 0.4) is 0 Å². The number of hydrogen-bond acceptors (Lipinski definition) is 1. The Morgan fingerprint density at radius 3 is 1.83 bits per heavy atom. The molecule has 1 heteroatoms. The Balaban J connectivity index is 2.25. The molecule has 18 heavy (non-hydrogen) atoms. The molecule has 0 spiro atoms. The highest BCUT2D eigenvalue weighted by Gasteiger charge is 2.16. The smallest absolute Gasteiger partial charge is 0.0840 e. The van der Waals surface area contributed by atoms with Crippen molar-refractivity contribution in [3.8, 4) is 0 Å². The van der Waals surface area contributed by atoms with Crippen LogP contribution >= 0.6 is 0 Å². The van der Waals surface area contributed by atoms with Crippen LogP contribution in [-0.4, -0.2) is 5.11 Å². The van der Waals surface area contributed by atoms with Gasteiger partial charge in [0.05, 0.1) is 5.60 Å². The van der Waals surface area contributed by atoms with E-state index in [1.54, 1.807) is 0 Å². The molecule has 1 nitrogen and oxygen atoms in total. The highest BCUT2D eigenvalue weighted by Crippen LogP contribution is 2.26. The SMILES string of the molecule is CC(c1ccccc1)c1ccc(C(C)(C)O)cc1. The summed E-state index contributed by atoms with van der Waals surface area (Å²) >= 11 is 0. The number of hydrogen-bond donors (Lipinski definition) is 1. The monoisotopic (exact) mass is 240 g/mol. The summed E-state index contributed by atoms with van der Waals surface area (Å²) in [5.41, 5.74) is 2.77. The molecule has 0 aromatic heterocycles. The van der Waals surface area contributed by atoms with Gasteiger partial charge in [0.15, 0.2) is 0 Å². The lowest BCUT2D eigenvalue weighted by Gasteiger charge is -2.19. The van der Waals surface area contributed by atoms with Crippen LogP contribution in [0.15, 0.2) is 54.6 Å². The molecular weight excluding hydrogens is 220 g/mol. The van der Waals surface area contributed by atoms with Crippen LogP contribution in [0, 0.1) is 0 Å². The Bertz CT molecular complexity index is 491. The van der Waals surface area contributed by atoms with Crippen LogP contribution in [0.25, 0.3) is 0 Å². The van der Waals surface area contributed by atoms with E-state index in [2.05, 4.69) is 43.3 Å². The fourth-order valence-corrected chi connectivity index (χ4v) is 2.11. The molecule has 0 aliphatic carbocycles. The number of rotatable bonds is 3. The van der Waals surface area contributed by atoms with Crippen molar-refractivity contribution in [2.24, 2.45) is 0 Å². The standard InChI is InChI=1S/C17H20O/c1-13(14-7-5-4-6-8-14)15-9-11-16(12-10-15)17(2,3)18/h4-13,18H,1-3H3. The Morgan fingerprint density at radius 1 is 0.833 bits per heavy atom. The lowest BCUT2D eigenvalue weighted by atomic mass is 9.90. The van der Waals surface area contributed by atoms with Crippen LogP contribution in [0.2, 0.25) is 0 Å². The van der Waals surface area contributed by atoms with E-state index in [0.717, 1.165) is 5.56 Å². The summed E-state index contributed by atoms with van der Waals surface area (Å²) in [4.78, 5) is 0. The summed E-state index contributed by atoms with van der Waals surface area (Å²) in [7, 11) is 0. The van der Waals surface area contributed by atoms with Crippen molar-refractivity contribution in [1.82, 2.24) is 0 Å². The van der Waals surface area contributed by atoms with E-state index in [-0.39, 0.29) is 0 Å². The van der Waals surface area contributed by atoms with Crippen molar-refractivity contribution in [3.63, 3.8) is 0 Å². The zero-order valence-corrected chi connectivity index (χ0v) is 11.2. The highest BCUT2D eigenvalue weighted by molar-refractivity contribution is 5.34. The van der Waals surface area contributed by atoms with Crippen molar-refractivity contribution in [2.75, 3.05) is 0 Å². The molecule has 0 heterocycles. The van der Waals surface area contributed by atoms with Crippen molar-refractivity contribution in [1.29, 1.82) is 0 Å². The molecule has 1 unspecified atom stereocenters. The molecule has 94 valence electrons. The van der Waals surface area contributed by atoms with Crippen molar-refractivity contribution in [2.45, 2.75) is 32.3 Å². The van der Waals surface area contributed by atoms with Gasteiger partial charge in [-0.05, 0) is 30.5 Å². The Morgan fingerprint density at radius 2 is 1.33 bits per heavy atom. The van der Waals surface area contributed by atoms with Crippen molar-refractivity contribution >= 4 is 0 Å². The first-order valence-electron chi connectivity index (χ1n) is 6.36. The molecule has 1 N–H and O–H groups in total. The van der Waals surface area contributed by atoms with Gasteiger partial charge in [0, 0.05) is 5.92 Å². The second-order valence-corrected chi connectivity index (χ2v) is 5.31. The average molecular weight is 240 g/mol. The van der Waals surface area contributed by atoms with E-state index in [9.17, 15) is 5.11 Å². The molecule has 0 radical (unpaired) electrons. The van der Waals surface area contributed by atoms with E-state index >= 15 is 0 Å². The van der Waals surface area contributed by atoms with E-state index in [1.807, 2.05) is 32.0 Å². The van der Waals surface area contributed by atoms with Gasteiger partial charge in [-0.3, -0.25) is 0 Å². The normalized spacial score (nSPS) is 13.3. The van der Waals surface area contributed by atoms with Crippen LogP contribution in [0.4, 0.5) is 0 Å². The molecular formula is C17H20O. The van der Waals surface area contributed by atoms with Gasteiger partial charge in [0.1, 0.15) is 0 Å². The quantitative estimate of drug-likeness (QED) is 0.857. The molecule has 2 aromatic rings. The van der Waals surface area contributed by atoms with Gasteiger partial charge in [-0.1, -0.05) is 61.5 Å². The van der Waals surface area contributed by atoms with Crippen LogP contribution in [-0.2, 0) is 5.60 Å². The number of aliphatic hydroxyl groups is 1. The van der Waals surface area contributed by atoms with E-state index in [0.29, 0.717) is 5.92 Å². The van der Waals surface area contributed by atoms with Gasteiger partial charge in [-0.2, -0.15) is 0 Å². The topological polar surface area (TPSA) is 20.2 Å². The second kappa shape index (κ2) is 4.95. The molecule has 0 fully saturated rings. The minimum atomic E-state index is -0.769. The zero-order chi connectivity index (χ0) is 13.2. The molecule has 0 aliphatic rings. The van der Waals surface area contributed by atoms with Gasteiger partial charge >= 0.3 is 0 Å². The van der Waals surface area contributed by atoms with Crippen molar-refractivity contribution in [3.05, 3.63) is 71.3 Å². The predicted molar refractivity (Wildman–Crippen MR) is 75.6 cm³/mol. The third-order valence-corrected chi connectivity index (χ3v) is 3.42. The lowest BCUT2D eigenvalue weighted by Crippen LogP contribution is -2.15. The van der Waals surface area contributed by atoms with E-state index in [1.165, 1.54) is 11.1 Å². The van der Waals surface area contributed by atoms with Gasteiger partial charge in [-0.15, -0.1) is 0 Å². The molecule has 2 rings (SSSR count). The number of benzene rings is 2. The molecule has 2 aromatic carbocycles. The van der Waals surface area contributed by atoms with Gasteiger partial charge < -0.3 is 5.11 Å². The van der Waals surface area contributed by atoms with Gasteiger partial charge in [0.2, 0.25) is 0 Å². The maximum Gasteiger partial charge on any atom is 0.0840 e. The summed E-state index contributed by atoms with van der Waals surface area (Å²) < 4.78 is 0. The summed E-state index contributed by atoms with van der Waals surface area (Å²) in [6, 6.07) is 18.7. The summed E-state index contributed by atoms with van der Waals surface area (Å²) in [5.74, 6) is 0.377. The Hall–Kier alpha value is -1.60. The fraction of sp³-hybridized carbons (Fsp3) is 0.294. The third-order valence-electron chi connectivity index (χ3n) is 3.42. The maximum absolute atomic E-state index is 9.94. The first kappa shape index (κ1) is 12.8. The summed E-state index contributed by atoms with van der Waals surface area (Å²) in [6.45, 7) is 5.82. The lowest BCUT2D eigenvalue weighted by molar-refractivity contribution is 0.0786. The molecule has 0 amide bonds. The maximum atomic E-state index is 9.94. The highest BCUT2D eigenvalue weighted by atomic mass is 16.3. The molecule has 0 saturated carbocycles. The van der Waals surface area contributed by atoms with E-state index in [4.69, 9.17) is 0 Å². The third kappa shape index (κ3) is 2.80. The molecule has 0 saturated heterocycles. The Labute approximate surface area is 109 Å². The minimum Gasteiger partial charge on any atom is -0.386 e. The van der Waals surface area contributed by atoms with Crippen LogP contribution in [0.1, 0.15) is 43.4 Å². The van der Waals surface area contributed by atoms with E-state index < -0.39 is 5.60 Å². The van der Waals surface area contributed by atoms with Gasteiger partial charge in [-0.25, -0.2) is 0 Å². The molecule has 0 bridgehead atoms. The predicted octanol–water partition coefficient (Wildman–Crippen LogP) is 4.07. The summed E-state index contributed by atoms with van der Waals surface area (Å²) in [6.07, 6.45) is 0. The largest absolute Gasteiger partial charge is 0.386 e. The fourth-order valence-electron chi connectivity index (χ4n) is 2.11. The zero-order valence-electron chi connectivity index (χ0n) is 11.2. The second-order valence-electron chi connectivity index (χ2n) is 5.31. The van der Waals surface area contributed by atoms with Crippen LogP contribution in [0.5, 0.6) is 0 Å². The summed E-state index contributed by atoms with van der Waals surface area (Å²) in [5, 5.41) is 9.94. The van der Waals surface area contributed by atoms with Gasteiger partial charge in [0.25, 0.3) is 0 Å². The first-order valence-corrected chi connectivity index (χ1v) is 6.36. The Kier molecular flexibility index (Phi) is 3.53. The molecule has 0 aliphatic heterocycles.